The van der Waals surface area contributed by atoms with E-state index in [1.165, 1.54) is 59.6 Å². The van der Waals surface area contributed by atoms with Crippen LogP contribution in [0.5, 0.6) is 0 Å². The Bertz CT molecular complexity index is 1210. The van der Waals surface area contributed by atoms with Gasteiger partial charge >= 0.3 is 0 Å². The number of thiophene rings is 1. The van der Waals surface area contributed by atoms with E-state index >= 15 is 0 Å². The molecular formula is C29H29NOS. The summed E-state index contributed by atoms with van der Waals surface area (Å²) in [6.07, 6.45) is 6.74. The Labute approximate surface area is 194 Å². The molecule has 1 saturated carbocycles. The first-order valence-corrected chi connectivity index (χ1v) is 12.4. The summed E-state index contributed by atoms with van der Waals surface area (Å²) in [4.78, 5) is 16.9. The Kier molecular flexibility index (Phi) is 6.09. The van der Waals surface area contributed by atoms with Crippen LogP contribution in [-0.4, -0.2) is 17.9 Å². The molecule has 4 aromatic rings. The SMILES string of the molecule is CN(Cc1cccc2ccccc12)C(=O)c1ccc(-c2ccc(C3CCCCC3)cc2)s1. The van der Waals surface area contributed by atoms with Gasteiger partial charge in [0.05, 0.1) is 4.88 Å². The van der Waals surface area contributed by atoms with Crippen LogP contribution in [0, 0.1) is 0 Å². The van der Waals surface area contributed by atoms with E-state index in [0.29, 0.717) is 6.54 Å². The van der Waals surface area contributed by atoms with Crippen LogP contribution in [-0.2, 0) is 6.54 Å². The lowest BCUT2D eigenvalue weighted by atomic mass is 9.84. The number of hydrogen-bond acceptors (Lipinski definition) is 2. The third-order valence-corrected chi connectivity index (χ3v) is 7.85. The fourth-order valence-electron chi connectivity index (χ4n) is 4.91. The predicted molar refractivity (Wildman–Crippen MR) is 135 cm³/mol. The smallest absolute Gasteiger partial charge is 0.263 e. The molecule has 3 aromatic carbocycles. The summed E-state index contributed by atoms with van der Waals surface area (Å²) in [6, 6.07) is 27.7. The number of fused-ring (bicyclic) bond motifs is 1. The number of hydrogen-bond donors (Lipinski definition) is 0. The monoisotopic (exact) mass is 439 g/mol. The van der Waals surface area contributed by atoms with Crippen LogP contribution in [0.15, 0.2) is 78.9 Å². The van der Waals surface area contributed by atoms with Crippen molar-refractivity contribution in [3.8, 4) is 10.4 Å². The molecule has 0 aliphatic heterocycles. The predicted octanol–water partition coefficient (Wildman–Crippen LogP) is 7.89. The van der Waals surface area contributed by atoms with Crippen LogP contribution in [0.3, 0.4) is 0 Å². The van der Waals surface area contributed by atoms with Crippen LogP contribution < -0.4 is 0 Å². The molecule has 0 N–H and O–H groups in total. The summed E-state index contributed by atoms with van der Waals surface area (Å²) in [5.74, 6) is 0.800. The lowest BCUT2D eigenvalue weighted by Crippen LogP contribution is -2.25. The quantitative estimate of drug-likeness (QED) is 0.310. The fourth-order valence-corrected chi connectivity index (χ4v) is 5.92. The van der Waals surface area contributed by atoms with Crippen molar-refractivity contribution in [3.63, 3.8) is 0 Å². The summed E-state index contributed by atoms with van der Waals surface area (Å²) in [5.41, 5.74) is 3.84. The molecule has 2 nitrogen and oxygen atoms in total. The average Bonchev–Trinajstić information content (AvgIpc) is 3.35. The highest BCUT2D eigenvalue weighted by molar-refractivity contribution is 7.17. The van der Waals surface area contributed by atoms with Crippen molar-refractivity contribution < 1.29 is 4.79 Å². The molecule has 162 valence electrons. The van der Waals surface area contributed by atoms with E-state index in [-0.39, 0.29) is 5.91 Å². The van der Waals surface area contributed by atoms with Crippen molar-refractivity contribution in [3.05, 3.63) is 94.9 Å². The Morgan fingerprint density at radius 3 is 2.44 bits per heavy atom. The largest absolute Gasteiger partial charge is 0.337 e. The van der Waals surface area contributed by atoms with Crippen molar-refractivity contribution in [1.82, 2.24) is 4.90 Å². The highest BCUT2D eigenvalue weighted by Gasteiger charge is 2.18. The van der Waals surface area contributed by atoms with E-state index in [1.54, 1.807) is 11.3 Å². The van der Waals surface area contributed by atoms with Crippen molar-refractivity contribution in [2.75, 3.05) is 7.05 Å². The molecule has 0 saturated heterocycles. The number of amides is 1. The molecule has 1 aliphatic carbocycles. The molecule has 1 heterocycles. The molecule has 0 bridgehead atoms. The topological polar surface area (TPSA) is 20.3 Å². The van der Waals surface area contributed by atoms with E-state index in [0.717, 1.165) is 15.7 Å². The molecule has 0 atom stereocenters. The molecule has 0 spiro atoms. The summed E-state index contributed by atoms with van der Waals surface area (Å²) >= 11 is 1.59. The van der Waals surface area contributed by atoms with E-state index in [2.05, 4.69) is 72.8 Å². The standard InChI is InChI=1S/C29H29NOS/c1-30(20-25-12-7-11-23-10-5-6-13-26(23)25)29(31)28-19-18-27(32-28)24-16-14-22(15-17-24)21-8-3-2-4-9-21/h5-7,10-19,21H,2-4,8-9,20H2,1H3. The van der Waals surface area contributed by atoms with Crippen molar-refractivity contribution in [2.24, 2.45) is 0 Å². The molecule has 1 aromatic heterocycles. The summed E-state index contributed by atoms with van der Waals surface area (Å²) < 4.78 is 0. The summed E-state index contributed by atoms with van der Waals surface area (Å²) in [5, 5.41) is 2.42. The second-order valence-corrected chi connectivity index (χ2v) is 10.0. The first-order chi connectivity index (χ1) is 15.7. The minimum Gasteiger partial charge on any atom is -0.337 e. The van der Waals surface area contributed by atoms with Crippen molar-refractivity contribution in [1.29, 1.82) is 0 Å². The lowest BCUT2D eigenvalue weighted by molar-refractivity contribution is 0.0790. The number of benzene rings is 3. The zero-order valence-electron chi connectivity index (χ0n) is 18.6. The number of carbonyl (C=O) groups excluding carboxylic acids is 1. The highest BCUT2D eigenvalue weighted by Crippen LogP contribution is 2.35. The molecule has 5 rings (SSSR count). The van der Waals surface area contributed by atoms with Crippen LogP contribution in [0.1, 0.15) is 58.8 Å². The van der Waals surface area contributed by atoms with Gasteiger partial charge in [0.15, 0.2) is 0 Å². The van der Waals surface area contributed by atoms with Gasteiger partial charge in [0.25, 0.3) is 5.91 Å². The summed E-state index contributed by atoms with van der Waals surface area (Å²) in [6.45, 7) is 0.601. The van der Waals surface area contributed by atoms with Crippen molar-refractivity contribution >= 4 is 28.0 Å². The maximum atomic E-state index is 13.1. The van der Waals surface area contributed by atoms with Gasteiger partial charge in [-0.2, -0.15) is 0 Å². The second kappa shape index (κ2) is 9.30. The number of nitrogens with zero attached hydrogens (tertiary/aromatic N) is 1. The maximum Gasteiger partial charge on any atom is 0.263 e. The van der Waals surface area contributed by atoms with Gasteiger partial charge in [-0.3, -0.25) is 4.79 Å². The molecular weight excluding hydrogens is 410 g/mol. The molecule has 3 heteroatoms. The van der Waals surface area contributed by atoms with Gasteiger partial charge in [-0.1, -0.05) is 86.0 Å². The Morgan fingerprint density at radius 1 is 0.875 bits per heavy atom. The Morgan fingerprint density at radius 2 is 1.62 bits per heavy atom. The third-order valence-electron chi connectivity index (χ3n) is 6.72. The van der Waals surface area contributed by atoms with Gasteiger partial charge < -0.3 is 4.90 Å². The van der Waals surface area contributed by atoms with Gasteiger partial charge in [-0.05, 0) is 58.4 Å². The molecule has 32 heavy (non-hydrogen) atoms. The van der Waals surface area contributed by atoms with Crippen LogP contribution in [0.25, 0.3) is 21.2 Å². The second-order valence-electron chi connectivity index (χ2n) is 8.92. The van der Waals surface area contributed by atoms with Crippen LogP contribution in [0.4, 0.5) is 0 Å². The fraction of sp³-hybridized carbons (Fsp3) is 0.276. The van der Waals surface area contributed by atoms with Gasteiger partial charge in [0.2, 0.25) is 0 Å². The number of rotatable bonds is 5. The van der Waals surface area contributed by atoms with E-state index in [9.17, 15) is 4.79 Å². The normalized spacial score (nSPS) is 14.5. The maximum absolute atomic E-state index is 13.1. The average molecular weight is 440 g/mol. The highest BCUT2D eigenvalue weighted by atomic mass is 32.1. The van der Waals surface area contributed by atoms with Gasteiger partial charge in [0, 0.05) is 18.5 Å². The molecule has 1 aliphatic rings. The van der Waals surface area contributed by atoms with Gasteiger partial charge in [0.1, 0.15) is 0 Å². The Hall–Kier alpha value is -2.91. The molecule has 0 radical (unpaired) electrons. The zero-order chi connectivity index (χ0) is 21.9. The zero-order valence-corrected chi connectivity index (χ0v) is 19.4. The first-order valence-electron chi connectivity index (χ1n) is 11.6. The van der Waals surface area contributed by atoms with E-state index in [4.69, 9.17) is 0 Å². The minimum absolute atomic E-state index is 0.0769. The van der Waals surface area contributed by atoms with E-state index in [1.807, 2.05) is 18.0 Å². The molecule has 1 amide bonds. The summed E-state index contributed by atoms with van der Waals surface area (Å²) in [7, 11) is 1.89. The van der Waals surface area contributed by atoms with Gasteiger partial charge in [-0.25, -0.2) is 0 Å². The van der Waals surface area contributed by atoms with Crippen molar-refractivity contribution in [2.45, 2.75) is 44.6 Å². The Balaban J connectivity index is 1.30. The molecule has 1 fully saturated rings. The lowest BCUT2D eigenvalue weighted by Gasteiger charge is -2.22. The van der Waals surface area contributed by atoms with Gasteiger partial charge in [-0.15, -0.1) is 11.3 Å². The minimum atomic E-state index is 0.0769. The third kappa shape index (κ3) is 4.35. The van der Waals surface area contributed by atoms with Crippen LogP contribution in [0.2, 0.25) is 0 Å². The first kappa shape index (κ1) is 21.0. The molecule has 0 unspecified atom stereocenters. The van der Waals surface area contributed by atoms with Crippen LogP contribution >= 0.6 is 11.3 Å². The number of carbonyl (C=O) groups is 1. The van der Waals surface area contributed by atoms with E-state index < -0.39 is 0 Å².